The molecule has 0 atom stereocenters. The zero-order valence-corrected chi connectivity index (χ0v) is 16.5. The van der Waals surface area contributed by atoms with Gasteiger partial charge in [-0.25, -0.2) is 8.78 Å². The molecular weight excluding hydrogens is 402 g/mol. The van der Waals surface area contributed by atoms with Crippen molar-refractivity contribution in [3.05, 3.63) is 88.9 Å². The number of nitrogens with zero attached hydrogens (tertiary/aromatic N) is 2. The van der Waals surface area contributed by atoms with E-state index in [9.17, 15) is 13.6 Å². The number of methoxy groups -OCH3 is 1. The van der Waals surface area contributed by atoms with E-state index in [0.717, 1.165) is 17.7 Å². The highest BCUT2D eigenvalue weighted by atomic mass is 19.2. The molecule has 0 saturated heterocycles. The molecule has 2 N–H and O–H groups in total. The van der Waals surface area contributed by atoms with Crippen LogP contribution in [0.4, 0.5) is 8.78 Å². The zero-order chi connectivity index (χ0) is 21.8. The van der Waals surface area contributed by atoms with Gasteiger partial charge in [-0.05, 0) is 47.5 Å². The summed E-state index contributed by atoms with van der Waals surface area (Å²) >= 11 is 0. The molecule has 4 aromatic rings. The quantitative estimate of drug-likeness (QED) is 0.486. The number of fused-ring (bicyclic) bond motifs is 1. The number of hydrogen-bond acceptors (Lipinski definition) is 4. The Balaban J connectivity index is 1.65. The summed E-state index contributed by atoms with van der Waals surface area (Å²) in [7, 11) is 1.47. The molecule has 6 nitrogen and oxygen atoms in total. The Morgan fingerprint density at radius 2 is 2.03 bits per heavy atom. The van der Waals surface area contributed by atoms with Crippen LogP contribution in [0, 0.1) is 11.6 Å². The fourth-order valence-corrected chi connectivity index (χ4v) is 3.19. The van der Waals surface area contributed by atoms with Crippen LogP contribution < -0.4 is 10.1 Å². The third-order valence-electron chi connectivity index (χ3n) is 4.71. The second kappa shape index (κ2) is 8.74. The molecule has 0 radical (unpaired) electrons. The highest BCUT2D eigenvalue weighted by molar-refractivity contribution is 6.05. The Morgan fingerprint density at radius 3 is 2.77 bits per heavy atom. The molecule has 2 heterocycles. The van der Waals surface area contributed by atoms with Crippen LogP contribution in [-0.4, -0.2) is 28.2 Å². The van der Waals surface area contributed by atoms with Crippen LogP contribution >= 0.6 is 0 Å². The SMILES string of the molecule is COc1c(C(=O)NCc2cccnc2)ccc2[nH]nc(C=Cc3ccc(F)c(F)c3)c12. The van der Waals surface area contributed by atoms with Gasteiger partial charge in [0.1, 0.15) is 5.75 Å². The Hall–Kier alpha value is -4.07. The lowest BCUT2D eigenvalue weighted by atomic mass is 10.1. The number of rotatable bonds is 6. The van der Waals surface area contributed by atoms with Crippen molar-refractivity contribution in [2.75, 3.05) is 7.11 Å². The molecule has 0 spiro atoms. The van der Waals surface area contributed by atoms with Crippen molar-refractivity contribution in [1.29, 1.82) is 0 Å². The van der Waals surface area contributed by atoms with Crippen LogP contribution in [0.5, 0.6) is 5.75 Å². The number of aromatic nitrogens is 3. The predicted octanol–water partition coefficient (Wildman–Crippen LogP) is 4.35. The molecule has 2 aromatic heterocycles. The third-order valence-corrected chi connectivity index (χ3v) is 4.71. The fraction of sp³-hybridized carbons (Fsp3) is 0.0870. The highest BCUT2D eigenvalue weighted by Gasteiger charge is 2.18. The van der Waals surface area contributed by atoms with Crippen molar-refractivity contribution in [3.63, 3.8) is 0 Å². The number of H-pyrrole nitrogens is 1. The second-order valence-electron chi connectivity index (χ2n) is 6.73. The first-order chi connectivity index (χ1) is 15.1. The van der Waals surface area contributed by atoms with Crippen LogP contribution in [0.2, 0.25) is 0 Å². The lowest BCUT2D eigenvalue weighted by Gasteiger charge is -2.11. The Morgan fingerprint density at radius 1 is 1.16 bits per heavy atom. The van der Waals surface area contributed by atoms with Gasteiger partial charge in [0.25, 0.3) is 5.91 Å². The summed E-state index contributed by atoms with van der Waals surface area (Å²) in [5, 5.41) is 10.6. The van der Waals surface area contributed by atoms with Gasteiger partial charge < -0.3 is 10.1 Å². The second-order valence-corrected chi connectivity index (χ2v) is 6.73. The predicted molar refractivity (Wildman–Crippen MR) is 113 cm³/mol. The molecule has 0 aliphatic heterocycles. The molecule has 156 valence electrons. The minimum absolute atomic E-state index is 0.306. The topological polar surface area (TPSA) is 79.9 Å². The van der Waals surface area contributed by atoms with E-state index >= 15 is 0 Å². The molecule has 0 unspecified atom stereocenters. The van der Waals surface area contributed by atoms with E-state index in [0.29, 0.717) is 40.0 Å². The van der Waals surface area contributed by atoms with E-state index in [1.54, 1.807) is 42.7 Å². The van der Waals surface area contributed by atoms with Gasteiger partial charge in [-0.15, -0.1) is 0 Å². The van der Waals surface area contributed by atoms with Crippen LogP contribution in [0.25, 0.3) is 23.1 Å². The largest absolute Gasteiger partial charge is 0.495 e. The van der Waals surface area contributed by atoms with E-state index in [1.165, 1.54) is 13.2 Å². The minimum atomic E-state index is -0.931. The monoisotopic (exact) mass is 420 g/mol. The number of aromatic amines is 1. The maximum atomic E-state index is 13.5. The average molecular weight is 420 g/mol. The highest BCUT2D eigenvalue weighted by Crippen LogP contribution is 2.32. The molecule has 2 aromatic carbocycles. The molecule has 31 heavy (non-hydrogen) atoms. The minimum Gasteiger partial charge on any atom is -0.495 e. The smallest absolute Gasteiger partial charge is 0.255 e. The molecule has 0 aliphatic rings. The van der Waals surface area contributed by atoms with Gasteiger partial charge in [-0.2, -0.15) is 5.10 Å². The standard InChI is InChI=1S/C23H18F2N4O2/c1-31-22-16(23(30)27-13-15-3-2-10-26-12-15)6-9-20-21(22)19(28-29-20)8-5-14-4-7-17(24)18(25)11-14/h2-12H,13H2,1H3,(H,27,30)(H,28,29). The van der Waals surface area contributed by atoms with Gasteiger partial charge in [0.05, 0.1) is 29.3 Å². The van der Waals surface area contributed by atoms with Gasteiger partial charge in [0.2, 0.25) is 0 Å². The van der Waals surface area contributed by atoms with Crippen LogP contribution in [0.15, 0.2) is 54.9 Å². The Bertz CT molecular complexity index is 1270. The first kappa shape index (κ1) is 20.2. The van der Waals surface area contributed by atoms with Crippen LogP contribution in [0.1, 0.15) is 27.2 Å². The zero-order valence-electron chi connectivity index (χ0n) is 16.5. The summed E-state index contributed by atoms with van der Waals surface area (Å²) in [6, 6.07) is 10.7. The number of carbonyl (C=O) groups is 1. The Kier molecular flexibility index (Phi) is 5.70. The number of carbonyl (C=O) groups excluding carboxylic acids is 1. The number of amides is 1. The maximum Gasteiger partial charge on any atom is 0.255 e. The van der Waals surface area contributed by atoms with Gasteiger partial charge in [-0.3, -0.25) is 14.9 Å². The summed E-state index contributed by atoms with van der Waals surface area (Å²) in [4.78, 5) is 16.8. The van der Waals surface area contributed by atoms with Crippen molar-refractivity contribution in [2.24, 2.45) is 0 Å². The molecule has 0 fully saturated rings. The van der Waals surface area contributed by atoms with Crippen molar-refractivity contribution in [3.8, 4) is 5.75 Å². The molecular formula is C23H18F2N4O2. The van der Waals surface area contributed by atoms with Gasteiger partial charge in [0.15, 0.2) is 11.6 Å². The normalized spacial score (nSPS) is 11.2. The first-order valence-electron chi connectivity index (χ1n) is 9.42. The molecule has 4 rings (SSSR count). The third kappa shape index (κ3) is 4.28. The van der Waals surface area contributed by atoms with E-state index in [-0.39, 0.29) is 5.91 Å². The number of halogens is 2. The summed E-state index contributed by atoms with van der Waals surface area (Å²) in [5.41, 5.74) is 2.86. The summed E-state index contributed by atoms with van der Waals surface area (Å²) in [5.74, 6) is -1.79. The molecule has 0 saturated carbocycles. The number of hydrogen-bond donors (Lipinski definition) is 2. The van der Waals surface area contributed by atoms with Crippen molar-refractivity contribution in [1.82, 2.24) is 20.5 Å². The molecule has 8 heteroatoms. The number of pyridine rings is 1. The lowest BCUT2D eigenvalue weighted by molar-refractivity contribution is 0.0948. The van der Waals surface area contributed by atoms with E-state index in [4.69, 9.17) is 4.74 Å². The van der Waals surface area contributed by atoms with Crippen molar-refractivity contribution >= 4 is 29.0 Å². The van der Waals surface area contributed by atoms with Gasteiger partial charge >= 0.3 is 0 Å². The van der Waals surface area contributed by atoms with E-state index < -0.39 is 11.6 Å². The summed E-state index contributed by atoms with van der Waals surface area (Å²) in [6.45, 7) is 0.322. The van der Waals surface area contributed by atoms with Gasteiger partial charge in [-0.1, -0.05) is 18.2 Å². The van der Waals surface area contributed by atoms with Crippen LogP contribution in [-0.2, 0) is 6.54 Å². The number of nitrogens with one attached hydrogen (secondary N) is 2. The molecule has 0 aliphatic carbocycles. The first-order valence-corrected chi connectivity index (χ1v) is 9.42. The lowest BCUT2D eigenvalue weighted by Crippen LogP contribution is -2.23. The van der Waals surface area contributed by atoms with Gasteiger partial charge in [0, 0.05) is 18.9 Å². The number of benzene rings is 2. The van der Waals surface area contributed by atoms with E-state index in [1.807, 2.05) is 6.07 Å². The van der Waals surface area contributed by atoms with Crippen molar-refractivity contribution in [2.45, 2.75) is 6.54 Å². The number of ether oxygens (including phenoxy) is 1. The fourth-order valence-electron chi connectivity index (χ4n) is 3.19. The molecule has 0 bridgehead atoms. The van der Waals surface area contributed by atoms with Crippen LogP contribution in [0.3, 0.4) is 0 Å². The van der Waals surface area contributed by atoms with Crippen molar-refractivity contribution < 1.29 is 18.3 Å². The molecule has 1 amide bonds. The summed E-state index contributed by atoms with van der Waals surface area (Å²) in [6.07, 6.45) is 6.59. The maximum absolute atomic E-state index is 13.5. The summed E-state index contributed by atoms with van der Waals surface area (Å²) < 4.78 is 32.1. The van der Waals surface area contributed by atoms with E-state index in [2.05, 4.69) is 20.5 Å². The average Bonchev–Trinajstić information content (AvgIpc) is 3.21. The Labute approximate surface area is 176 Å².